The van der Waals surface area contributed by atoms with E-state index in [1.165, 1.54) is 23.9 Å². The van der Waals surface area contributed by atoms with Crippen LogP contribution in [-0.2, 0) is 15.6 Å². The lowest BCUT2D eigenvalue weighted by Crippen LogP contribution is -2.39. The second-order valence-corrected chi connectivity index (χ2v) is 10.4. The number of amidine groups is 1. The van der Waals surface area contributed by atoms with Gasteiger partial charge in [0, 0.05) is 16.5 Å². The molecule has 4 nitrogen and oxygen atoms in total. The fourth-order valence-corrected chi connectivity index (χ4v) is 6.71. The van der Waals surface area contributed by atoms with E-state index < -0.39 is 9.84 Å². The number of hydrogen-bond acceptors (Lipinski definition) is 5. The van der Waals surface area contributed by atoms with Gasteiger partial charge in [0.25, 0.3) is 0 Å². The SMILES string of the molecule is Cc1ccc(N2C(SCc3ccc(F)cc3Cl)=N[C@H]3CS(=O)(=O)C[C@H]32)cc1. The Hall–Kier alpha value is -1.57. The molecule has 2 heterocycles. The molecular formula is C19H18ClFN2O2S2. The van der Waals surface area contributed by atoms with Crippen LogP contribution in [0.4, 0.5) is 10.1 Å². The number of hydrogen-bond donors (Lipinski definition) is 0. The molecule has 0 aromatic heterocycles. The van der Waals surface area contributed by atoms with Crippen molar-refractivity contribution in [2.75, 3.05) is 16.4 Å². The number of anilines is 1. The van der Waals surface area contributed by atoms with Crippen molar-refractivity contribution in [2.45, 2.75) is 24.8 Å². The van der Waals surface area contributed by atoms with E-state index in [2.05, 4.69) is 0 Å². The maximum absolute atomic E-state index is 13.3. The molecule has 0 radical (unpaired) electrons. The third-order valence-corrected chi connectivity index (χ3v) is 7.86. The fraction of sp³-hybridized carbons (Fsp3) is 0.316. The summed E-state index contributed by atoms with van der Waals surface area (Å²) in [7, 11) is -3.08. The van der Waals surface area contributed by atoms with E-state index in [0.717, 1.165) is 22.0 Å². The molecule has 2 atom stereocenters. The van der Waals surface area contributed by atoms with Gasteiger partial charge in [-0.2, -0.15) is 0 Å². The van der Waals surface area contributed by atoms with Gasteiger partial charge in [-0.25, -0.2) is 12.8 Å². The summed E-state index contributed by atoms with van der Waals surface area (Å²) in [4.78, 5) is 6.72. The molecule has 0 spiro atoms. The summed E-state index contributed by atoms with van der Waals surface area (Å²) in [5.74, 6) is 0.359. The van der Waals surface area contributed by atoms with Crippen LogP contribution in [0.2, 0.25) is 5.02 Å². The first kappa shape index (κ1) is 18.8. The molecule has 0 unspecified atom stereocenters. The molecule has 0 amide bonds. The van der Waals surface area contributed by atoms with E-state index in [4.69, 9.17) is 16.6 Å². The van der Waals surface area contributed by atoms with Gasteiger partial charge in [0.2, 0.25) is 0 Å². The number of nitrogens with zero attached hydrogens (tertiary/aromatic N) is 2. The van der Waals surface area contributed by atoms with E-state index in [-0.39, 0.29) is 29.4 Å². The number of aryl methyl sites for hydroxylation is 1. The lowest BCUT2D eigenvalue weighted by molar-refractivity contribution is 0.601. The summed E-state index contributed by atoms with van der Waals surface area (Å²) in [5.41, 5.74) is 2.89. The van der Waals surface area contributed by atoms with Crippen LogP contribution in [0.15, 0.2) is 47.5 Å². The molecule has 2 aromatic rings. The van der Waals surface area contributed by atoms with E-state index in [1.54, 1.807) is 6.07 Å². The summed E-state index contributed by atoms with van der Waals surface area (Å²) in [6.45, 7) is 2.01. The molecular weight excluding hydrogens is 407 g/mol. The summed E-state index contributed by atoms with van der Waals surface area (Å²) in [6, 6.07) is 11.9. The second kappa shape index (κ2) is 7.11. The maximum Gasteiger partial charge on any atom is 0.164 e. The van der Waals surface area contributed by atoms with Crippen LogP contribution in [0.25, 0.3) is 0 Å². The minimum absolute atomic E-state index is 0.0847. The number of halogens is 2. The van der Waals surface area contributed by atoms with Crippen molar-refractivity contribution in [3.05, 3.63) is 64.4 Å². The number of sulfone groups is 1. The monoisotopic (exact) mass is 424 g/mol. The fourth-order valence-electron chi connectivity index (χ4n) is 3.42. The zero-order chi connectivity index (χ0) is 19.2. The van der Waals surface area contributed by atoms with Crippen molar-refractivity contribution >= 4 is 44.1 Å². The number of thioether (sulfide) groups is 1. The third kappa shape index (κ3) is 3.86. The van der Waals surface area contributed by atoms with Crippen LogP contribution in [0.1, 0.15) is 11.1 Å². The number of rotatable bonds is 3. The zero-order valence-corrected chi connectivity index (χ0v) is 17.0. The average molecular weight is 425 g/mol. The Morgan fingerprint density at radius 1 is 1.22 bits per heavy atom. The lowest BCUT2D eigenvalue weighted by atomic mass is 10.1. The minimum atomic E-state index is -3.08. The summed E-state index contributed by atoms with van der Waals surface area (Å²) >= 11 is 7.63. The van der Waals surface area contributed by atoms with Gasteiger partial charge in [-0.15, -0.1) is 0 Å². The first-order chi connectivity index (χ1) is 12.8. The van der Waals surface area contributed by atoms with E-state index in [1.807, 2.05) is 36.1 Å². The first-order valence-corrected chi connectivity index (χ1v) is 11.7. The molecule has 0 bridgehead atoms. The van der Waals surface area contributed by atoms with Crippen molar-refractivity contribution in [3.8, 4) is 0 Å². The van der Waals surface area contributed by atoms with Crippen LogP contribution >= 0.6 is 23.4 Å². The first-order valence-electron chi connectivity index (χ1n) is 8.53. The molecule has 142 valence electrons. The molecule has 2 aliphatic heterocycles. The van der Waals surface area contributed by atoms with Gasteiger partial charge < -0.3 is 4.90 Å². The minimum Gasteiger partial charge on any atom is -0.315 e. The predicted molar refractivity (Wildman–Crippen MR) is 110 cm³/mol. The maximum atomic E-state index is 13.3. The Balaban J connectivity index is 1.61. The predicted octanol–water partition coefficient (Wildman–Crippen LogP) is 4.06. The van der Waals surface area contributed by atoms with Crippen LogP contribution in [0, 0.1) is 12.7 Å². The molecule has 27 heavy (non-hydrogen) atoms. The molecule has 2 aliphatic rings. The molecule has 0 N–H and O–H groups in total. The van der Waals surface area contributed by atoms with Gasteiger partial charge >= 0.3 is 0 Å². The van der Waals surface area contributed by atoms with Gasteiger partial charge in [-0.3, -0.25) is 4.99 Å². The molecule has 2 aromatic carbocycles. The molecule has 4 rings (SSSR count). The Labute approximate surface area is 167 Å². The highest BCUT2D eigenvalue weighted by Gasteiger charge is 2.47. The highest BCUT2D eigenvalue weighted by molar-refractivity contribution is 8.13. The van der Waals surface area contributed by atoms with Gasteiger partial charge in [0.15, 0.2) is 15.0 Å². The van der Waals surface area contributed by atoms with Crippen molar-refractivity contribution in [3.63, 3.8) is 0 Å². The average Bonchev–Trinajstić information content (AvgIpc) is 3.06. The highest BCUT2D eigenvalue weighted by Crippen LogP contribution is 2.36. The topological polar surface area (TPSA) is 49.7 Å². The van der Waals surface area contributed by atoms with Crippen molar-refractivity contribution in [1.82, 2.24) is 0 Å². The molecule has 0 aliphatic carbocycles. The molecule has 8 heteroatoms. The Morgan fingerprint density at radius 2 is 1.96 bits per heavy atom. The van der Waals surface area contributed by atoms with Crippen LogP contribution in [0.3, 0.4) is 0 Å². The normalized spacial score (nSPS) is 23.4. The standard InChI is InChI=1S/C19H18ClFN2O2S2/c1-12-2-6-15(7-3-12)23-18-11-27(24,25)10-17(18)22-19(23)26-9-13-4-5-14(21)8-16(13)20/h2-8,17-18H,9-11H2,1H3/t17-,18+/m0/s1. The quantitative estimate of drug-likeness (QED) is 0.745. The number of aliphatic imine (C=N–C) groups is 1. The largest absolute Gasteiger partial charge is 0.315 e. The third-order valence-electron chi connectivity index (χ3n) is 4.79. The smallest absolute Gasteiger partial charge is 0.164 e. The van der Waals surface area contributed by atoms with Crippen molar-refractivity contribution in [1.29, 1.82) is 0 Å². The van der Waals surface area contributed by atoms with Gasteiger partial charge in [-0.1, -0.05) is 47.1 Å². The Bertz CT molecular complexity index is 1010. The van der Waals surface area contributed by atoms with Crippen molar-refractivity contribution < 1.29 is 12.8 Å². The lowest BCUT2D eigenvalue weighted by Gasteiger charge is -2.26. The summed E-state index contributed by atoms with van der Waals surface area (Å²) in [6.07, 6.45) is 0. The highest BCUT2D eigenvalue weighted by atomic mass is 35.5. The van der Waals surface area contributed by atoms with Gasteiger partial charge in [0.05, 0.1) is 23.6 Å². The van der Waals surface area contributed by atoms with Gasteiger partial charge in [0.1, 0.15) is 5.82 Å². The van der Waals surface area contributed by atoms with E-state index in [9.17, 15) is 12.8 Å². The molecule has 1 fully saturated rings. The number of benzene rings is 2. The summed E-state index contributed by atoms with van der Waals surface area (Å²) in [5, 5.41) is 1.16. The van der Waals surface area contributed by atoms with Gasteiger partial charge in [-0.05, 0) is 36.8 Å². The van der Waals surface area contributed by atoms with E-state index >= 15 is 0 Å². The number of fused-ring (bicyclic) bond motifs is 1. The van der Waals surface area contributed by atoms with Crippen LogP contribution in [0.5, 0.6) is 0 Å². The Kier molecular flexibility index (Phi) is 4.94. The molecule has 1 saturated heterocycles. The second-order valence-electron chi connectivity index (χ2n) is 6.85. The Morgan fingerprint density at radius 3 is 2.67 bits per heavy atom. The van der Waals surface area contributed by atoms with Crippen LogP contribution < -0.4 is 4.90 Å². The summed E-state index contributed by atoms with van der Waals surface area (Å²) < 4.78 is 37.4. The zero-order valence-electron chi connectivity index (χ0n) is 14.6. The van der Waals surface area contributed by atoms with E-state index in [0.29, 0.717) is 10.8 Å². The molecule has 0 saturated carbocycles. The van der Waals surface area contributed by atoms with Crippen LogP contribution in [-0.4, -0.2) is 37.2 Å². The van der Waals surface area contributed by atoms with Crippen molar-refractivity contribution in [2.24, 2.45) is 4.99 Å².